The molecule has 0 aromatic rings. The van der Waals surface area contributed by atoms with Crippen LogP contribution in [-0.4, -0.2) is 30.3 Å². The monoisotopic (exact) mass is 156 g/mol. The van der Waals surface area contributed by atoms with E-state index < -0.39 is 12.0 Å². The van der Waals surface area contributed by atoms with Crippen LogP contribution < -0.4 is 11.0 Å². The summed E-state index contributed by atoms with van der Waals surface area (Å²) in [5, 5.41) is 0. The largest absolute Gasteiger partial charge is 0.730 e. The maximum Gasteiger partial charge on any atom is 0.325 e. The minimum atomic E-state index is -4.16. The van der Waals surface area contributed by atoms with Gasteiger partial charge in [0.05, 0.1) is 21.1 Å². The molecule has 0 aliphatic carbocycles. The molecule has 0 aromatic heterocycles. The van der Waals surface area contributed by atoms with Crippen LogP contribution in [0.5, 0.6) is 0 Å². The molecule has 5 nitrogen and oxygen atoms in total. The summed E-state index contributed by atoms with van der Waals surface area (Å²) in [4.78, 5) is 18.5. The van der Waals surface area contributed by atoms with Gasteiger partial charge in [-0.15, -0.1) is 0 Å². The fraction of sp³-hybridized carbons (Fsp3) is 1.00. The molecule has 0 aliphatic rings. The normalized spacial score (nSPS) is 17.9. The van der Waals surface area contributed by atoms with E-state index >= 15 is 0 Å². The second kappa shape index (κ2) is 2.77. The van der Waals surface area contributed by atoms with Crippen LogP contribution in [-0.2, 0) is 4.57 Å². The molecule has 6 heteroatoms. The second-order valence-electron chi connectivity index (χ2n) is 2.43. The third-order valence-corrected chi connectivity index (χ3v) is 2.27. The third-order valence-electron chi connectivity index (χ3n) is 0.758. The van der Waals surface area contributed by atoms with Crippen molar-refractivity contribution in [1.82, 2.24) is 6.15 Å². The molecule has 1 unspecified atom stereocenters. The standard InChI is InChI=1S/C3H10NO3P.H3N/c1-4(2,3)8(5,6)7;/h1-3H3,(H-,5,6,7);1H3. The summed E-state index contributed by atoms with van der Waals surface area (Å²) in [5.74, 6) is 0. The smallest absolute Gasteiger partial charge is 0.325 e. The first-order valence-electron chi connectivity index (χ1n) is 2.11. The van der Waals surface area contributed by atoms with E-state index in [4.69, 9.17) is 4.89 Å². The molecule has 0 rings (SSSR count). The summed E-state index contributed by atoms with van der Waals surface area (Å²) < 4.78 is 9.78. The van der Waals surface area contributed by atoms with E-state index in [1.165, 1.54) is 21.1 Å². The Morgan fingerprint density at radius 1 is 1.44 bits per heavy atom. The summed E-state index contributed by atoms with van der Waals surface area (Å²) in [7, 11) is -0.0139. The predicted molar refractivity (Wildman–Crippen MR) is 32.9 cm³/mol. The lowest BCUT2D eigenvalue weighted by Gasteiger charge is -2.32. The van der Waals surface area contributed by atoms with Crippen molar-refractivity contribution in [3.63, 3.8) is 0 Å². The van der Waals surface area contributed by atoms with Crippen molar-refractivity contribution in [2.45, 2.75) is 0 Å². The Hall–Kier alpha value is 0.0700. The van der Waals surface area contributed by atoms with E-state index in [1.807, 2.05) is 0 Å². The van der Waals surface area contributed by atoms with Gasteiger partial charge in [0.25, 0.3) is 0 Å². The quantitative estimate of drug-likeness (QED) is 0.491. The van der Waals surface area contributed by atoms with Crippen molar-refractivity contribution in [2.75, 3.05) is 21.1 Å². The van der Waals surface area contributed by atoms with Gasteiger partial charge in [-0.1, -0.05) is 0 Å². The lowest BCUT2D eigenvalue weighted by molar-refractivity contribution is -0.773. The third kappa shape index (κ3) is 3.61. The fourth-order valence-corrected chi connectivity index (χ4v) is 0. The molecule has 0 amide bonds. The molecule has 0 spiro atoms. The zero-order chi connectivity index (χ0) is 7.00. The molecule has 0 aliphatic heterocycles. The molecule has 0 radical (unpaired) electrons. The van der Waals surface area contributed by atoms with Crippen LogP contribution in [0.15, 0.2) is 0 Å². The highest BCUT2D eigenvalue weighted by Crippen LogP contribution is 2.37. The van der Waals surface area contributed by atoms with Crippen molar-refractivity contribution in [3.05, 3.63) is 0 Å². The molecule has 0 heterocycles. The average Bonchev–Trinajstić information content (AvgIpc) is 1.25. The Bertz CT molecular complexity index is 124. The van der Waals surface area contributed by atoms with Gasteiger partial charge < -0.3 is 15.9 Å². The molecular weight excluding hydrogens is 143 g/mol. The van der Waals surface area contributed by atoms with E-state index in [9.17, 15) is 9.46 Å². The van der Waals surface area contributed by atoms with E-state index in [-0.39, 0.29) is 6.15 Å². The summed E-state index contributed by atoms with van der Waals surface area (Å²) >= 11 is 0. The van der Waals surface area contributed by atoms with Crippen molar-refractivity contribution in [3.8, 4) is 0 Å². The zero-order valence-corrected chi connectivity index (χ0v) is 6.76. The minimum Gasteiger partial charge on any atom is -0.730 e. The molecule has 0 saturated heterocycles. The topological polar surface area (TPSA) is 95.4 Å². The highest BCUT2D eigenvalue weighted by atomic mass is 31.2. The van der Waals surface area contributed by atoms with Crippen LogP contribution in [0.1, 0.15) is 0 Å². The van der Waals surface area contributed by atoms with Gasteiger partial charge in [0.1, 0.15) is 0 Å². The molecular formula is C3H13N2O3P. The van der Waals surface area contributed by atoms with Crippen LogP contribution in [0.3, 0.4) is 0 Å². The molecule has 1 atom stereocenters. The van der Waals surface area contributed by atoms with Gasteiger partial charge in [-0.3, -0.25) is 4.25 Å². The van der Waals surface area contributed by atoms with Gasteiger partial charge in [0, 0.05) is 0 Å². The molecule has 9 heavy (non-hydrogen) atoms. The van der Waals surface area contributed by atoms with Gasteiger partial charge in [-0.2, -0.15) is 0 Å². The Morgan fingerprint density at radius 3 is 1.56 bits per heavy atom. The molecule has 4 N–H and O–H groups in total. The highest BCUT2D eigenvalue weighted by molar-refractivity contribution is 7.43. The number of hydrogen-bond donors (Lipinski definition) is 2. The van der Waals surface area contributed by atoms with Crippen LogP contribution >= 0.6 is 7.75 Å². The number of hydrogen-bond acceptors (Lipinski definition) is 3. The Balaban J connectivity index is 0. The maximum atomic E-state index is 10.2. The first-order chi connectivity index (χ1) is 3.25. The van der Waals surface area contributed by atoms with E-state index in [0.29, 0.717) is 0 Å². The van der Waals surface area contributed by atoms with Crippen LogP contribution in [0.2, 0.25) is 0 Å². The Morgan fingerprint density at radius 2 is 1.56 bits per heavy atom. The SMILES string of the molecule is C[N+](C)(C)P(=O)([O-])O.N. The predicted octanol–water partition coefficient (Wildman–Crippen LogP) is -0.685. The maximum absolute atomic E-state index is 10.2. The van der Waals surface area contributed by atoms with Gasteiger partial charge >= 0.3 is 7.75 Å². The molecule has 0 bridgehead atoms. The van der Waals surface area contributed by atoms with Crippen LogP contribution in [0.25, 0.3) is 0 Å². The Labute approximate surface area is 54.7 Å². The average molecular weight is 156 g/mol. The molecule has 0 saturated carbocycles. The van der Waals surface area contributed by atoms with Gasteiger partial charge in [0.2, 0.25) is 0 Å². The van der Waals surface area contributed by atoms with Gasteiger partial charge in [-0.05, 0) is 0 Å². The molecule has 58 valence electrons. The summed E-state index contributed by atoms with van der Waals surface area (Å²) in [5.41, 5.74) is 0. The summed E-state index contributed by atoms with van der Waals surface area (Å²) in [6.45, 7) is 0. The molecule has 0 fully saturated rings. The van der Waals surface area contributed by atoms with E-state index in [0.717, 1.165) is 0 Å². The number of rotatable bonds is 1. The highest BCUT2D eigenvalue weighted by Gasteiger charge is 2.20. The minimum absolute atomic E-state index is 0. The van der Waals surface area contributed by atoms with Crippen molar-refractivity contribution < 1.29 is 18.6 Å². The lowest BCUT2D eigenvalue weighted by atomic mass is 11.0. The van der Waals surface area contributed by atoms with E-state index in [2.05, 4.69) is 0 Å². The lowest BCUT2D eigenvalue weighted by Crippen LogP contribution is -2.35. The molecule has 0 aromatic carbocycles. The van der Waals surface area contributed by atoms with E-state index in [1.54, 1.807) is 0 Å². The first kappa shape index (κ1) is 11.8. The first-order valence-corrected chi connectivity index (χ1v) is 3.64. The second-order valence-corrected chi connectivity index (χ2v) is 4.61. The zero-order valence-electron chi connectivity index (χ0n) is 5.87. The fourth-order valence-electron chi connectivity index (χ4n) is 0. The Kier molecular flexibility index (Phi) is 3.64. The van der Waals surface area contributed by atoms with Crippen LogP contribution in [0, 0.1) is 0 Å². The van der Waals surface area contributed by atoms with Crippen molar-refractivity contribution in [2.24, 2.45) is 0 Å². The number of quaternary nitrogens is 1. The summed E-state index contributed by atoms with van der Waals surface area (Å²) in [6, 6.07) is 0. The van der Waals surface area contributed by atoms with Crippen molar-refractivity contribution >= 4 is 7.75 Å². The van der Waals surface area contributed by atoms with Gasteiger partial charge in [-0.25, -0.2) is 4.57 Å². The van der Waals surface area contributed by atoms with Gasteiger partial charge in [0.15, 0.2) is 0 Å². The summed E-state index contributed by atoms with van der Waals surface area (Å²) in [6.07, 6.45) is 0. The number of nitrogens with zero attached hydrogens (tertiary/aromatic N) is 1. The van der Waals surface area contributed by atoms with Crippen LogP contribution in [0.4, 0.5) is 0 Å². The van der Waals surface area contributed by atoms with Crippen molar-refractivity contribution in [1.29, 1.82) is 0 Å².